The summed E-state index contributed by atoms with van der Waals surface area (Å²) >= 11 is 0. The molecule has 2 saturated heterocycles. The van der Waals surface area contributed by atoms with E-state index < -0.39 is 0 Å². The van der Waals surface area contributed by atoms with Crippen LogP contribution in [0.5, 0.6) is 0 Å². The molecule has 3 rings (SSSR count). The summed E-state index contributed by atoms with van der Waals surface area (Å²) in [6, 6.07) is 0.986. The van der Waals surface area contributed by atoms with Crippen LogP contribution in [0, 0.1) is 5.92 Å². The molecule has 2 N–H and O–H groups in total. The molecule has 1 amide bonds. The summed E-state index contributed by atoms with van der Waals surface area (Å²) in [7, 11) is 0. The van der Waals surface area contributed by atoms with Crippen LogP contribution in [0.2, 0.25) is 0 Å². The largest absolute Gasteiger partial charge is 0.342 e. The fourth-order valence-corrected chi connectivity index (χ4v) is 3.82. The third-order valence-electron chi connectivity index (χ3n) is 4.97. The molecule has 6 nitrogen and oxygen atoms in total. The number of carbonyl (C=O) groups excluding carboxylic acids is 1. The van der Waals surface area contributed by atoms with Crippen molar-refractivity contribution in [2.45, 2.75) is 51.6 Å². The first-order chi connectivity index (χ1) is 10.1. The van der Waals surface area contributed by atoms with Gasteiger partial charge in [-0.3, -0.25) is 14.7 Å². The number of carbonyl (C=O) groups is 1. The van der Waals surface area contributed by atoms with E-state index in [1.165, 1.54) is 12.8 Å². The predicted molar refractivity (Wildman–Crippen MR) is 82.7 cm³/mol. The van der Waals surface area contributed by atoms with E-state index >= 15 is 0 Å². The molecule has 118 valence electrons. The Balaban J connectivity index is 1.52. The summed E-state index contributed by atoms with van der Waals surface area (Å²) in [4.78, 5) is 21.5. The van der Waals surface area contributed by atoms with Crippen LogP contribution < -0.4 is 10.9 Å². The van der Waals surface area contributed by atoms with Crippen molar-refractivity contribution in [3.05, 3.63) is 0 Å². The fourth-order valence-electron chi connectivity index (χ4n) is 3.82. The Bertz CT molecular complexity index is 422. The van der Waals surface area contributed by atoms with Gasteiger partial charge in [-0.2, -0.15) is 0 Å². The van der Waals surface area contributed by atoms with Gasteiger partial charge in [0.15, 0.2) is 0 Å². The van der Waals surface area contributed by atoms with E-state index in [1.54, 1.807) is 0 Å². The van der Waals surface area contributed by atoms with Crippen LogP contribution in [-0.4, -0.2) is 59.9 Å². The van der Waals surface area contributed by atoms with E-state index in [0.29, 0.717) is 37.0 Å². The van der Waals surface area contributed by atoms with Gasteiger partial charge in [-0.1, -0.05) is 0 Å². The molecule has 2 atom stereocenters. The second kappa shape index (κ2) is 6.32. The van der Waals surface area contributed by atoms with Crippen molar-refractivity contribution in [1.82, 2.24) is 20.7 Å². The molecule has 0 bridgehead atoms. The lowest BCUT2D eigenvalue weighted by atomic mass is 10.1. The fraction of sp³-hybridized carbons (Fsp3) is 0.867. The van der Waals surface area contributed by atoms with E-state index in [9.17, 15) is 4.79 Å². The standard InChI is InChI=1S/C15H27N5O/c1-11(2)20-6-3-4-13(20)8-14(21)19-7-5-12(9-19)15-16-10-17-18-15/h11-13,17H,3-10H2,1-2H3,(H,16,18)/t12?,13-/m0/s1. The van der Waals surface area contributed by atoms with Gasteiger partial charge in [0, 0.05) is 37.5 Å². The van der Waals surface area contributed by atoms with Crippen LogP contribution >= 0.6 is 0 Å². The van der Waals surface area contributed by atoms with Crippen molar-refractivity contribution in [2.75, 3.05) is 26.3 Å². The molecule has 0 aliphatic carbocycles. The van der Waals surface area contributed by atoms with Crippen LogP contribution in [-0.2, 0) is 4.79 Å². The molecule has 21 heavy (non-hydrogen) atoms. The minimum Gasteiger partial charge on any atom is -0.342 e. The van der Waals surface area contributed by atoms with Crippen molar-refractivity contribution in [3.63, 3.8) is 0 Å². The molecule has 0 aromatic carbocycles. The van der Waals surface area contributed by atoms with Gasteiger partial charge in [0.2, 0.25) is 5.91 Å². The highest BCUT2D eigenvalue weighted by molar-refractivity contribution is 5.87. The lowest BCUT2D eigenvalue weighted by Crippen LogP contribution is -2.41. The van der Waals surface area contributed by atoms with Gasteiger partial charge in [0.1, 0.15) is 12.5 Å². The van der Waals surface area contributed by atoms with E-state index in [0.717, 1.165) is 31.9 Å². The zero-order valence-electron chi connectivity index (χ0n) is 13.1. The number of aliphatic imine (C=N–C) groups is 1. The minimum atomic E-state index is 0.321. The number of amidine groups is 1. The van der Waals surface area contributed by atoms with Gasteiger partial charge in [-0.15, -0.1) is 0 Å². The second-order valence-corrected chi connectivity index (χ2v) is 6.66. The Morgan fingerprint density at radius 3 is 2.95 bits per heavy atom. The Hall–Kier alpha value is -1.14. The summed E-state index contributed by atoms with van der Waals surface area (Å²) in [5, 5.41) is 0. The Morgan fingerprint density at radius 2 is 2.24 bits per heavy atom. The van der Waals surface area contributed by atoms with Crippen molar-refractivity contribution >= 4 is 11.7 Å². The number of nitrogens with one attached hydrogen (secondary N) is 2. The van der Waals surface area contributed by atoms with Gasteiger partial charge in [-0.25, -0.2) is 5.43 Å². The Morgan fingerprint density at radius 1 is 1.38 bits per heavy atom. The lowest BCUT2D eigenvalue weighted by Gasteiger charge is -2.29. The predicted octanol–water partition coefficient (Wildman–Crippen LogP) is 0.562. The van der Waals surface area contributed by atoms with E-state index in [1.807, 2.05) is 4.90 Å². The van der Waals surface area contributed by atoms with E-state index in [4.69, 9.17) is 0 Å². The monoisotopic (exact) mass is 293 g/mol. The molecule has 1 unspecified atom stereocenters. The first-order valence-electron chi connectivity index (χ1n) is 8.22. The molecule has 0 spiro atoms. The molecule has 3 heterocycles. The third kappa shape index (κ3) is 3.21. The summed E-state index contributed by atoms with van der Waals surface area (Å²) in [5.74, 6) is 1.73. The highest BCUT2D eigenvalue weighted by atomic mass is 16.2. The quantitative estimate of drug-likeness (QED) is 0.795. The zero-order chi connectivity index (χ0) is 14.8. The molecular weight excluding hydrogens is 266 g/mol. The maximum absolute atomic E-state index is 12.6. The maximum atomic E-state index is 12.6. The van der Waals surface area contributed by atoms with Crippen LogP contribution in [0.1, 0.15) is 39.5 Å². The molecule has 6 heteroatoms. The normalized spacial score (nSPS) is 30.0. The van der Waals surface area contributed by atoms with Gasteiger partial charge in [0.05, 0.1) is 0 Å². The molecule has 0 radical (unpaired) electrons. The topological polar surface area (TPSA) is 60.0 Å². The Labute approximate surface area is 126 Å². The van der Waals surface area contributed by atoms with E-state index in [2.05, 4.69) is 34.6 Å². The molecular formula is C15H27N5O. The van der Waals surface area contributed by atoms with Crippen molar-refractivity contribution in [2.24, 2.45) is 10.9 Å². The highest BCUT2D eigenvalue weighted by Gasteiger charge is 2.34. The smallest absolute Gasteiger partial charge is 0.224 e. The van der Waals surface area contributed by atoms with Crippen LogP contribution in [0.25, 0.3) is 0 Å². The summed E-state index contributed by atoms with van der Waals surface area (Å²) < 4.78 is 0. The number of nitrogens with zero attached hydrogens (tertiary/aromatic N) is 3. The van der Waals surface area contributed by atoms with Crippen molar-refractivity contribution in [1.29, 1.82) is 0 Å². The summed E-state index contributed by atoms with van der Waals surface area (Å²) in [6.07, 6.45) is 4.10. The number of hydrogen-bond donors (Lipinski definition) is 2. The minimum absolute atomic E-state index is 0.321. The SMILES string of the molecule is CC(C)N1CCC[C@H]1CC(=O)N1CCC(C2=NCNN2)C1. The molecule has 0 saturated carbocycles. The van der Waals surface area contributed by atoms with E-state index in [-0.39, 0.29) is 0 Å². The lowest BCUT2D eigenvalue weighted by molar-refractivity contribution is -0.131. The van der Waals surface area contributed by atoms with Crippen molar-refractivity contribution < 1.29 is 4.79 Å². The van der Waals surface area contributed by atoms with Crippen LogP contribution in [0.3, 0.4) is 0 Å². The van der Waals surface area contributed by atoms with Gasteiger partial charge >= 0.3 is 0 Å². The van der Waals surface area contributed by atoms with Crippen LogP contribution in [0.15, 0.2) is 4.99 Å². The molecule has 0 aromatic rings. The summed E-state index contributed by atoms with van der Waals surface area (Å²) in [6.45, 7) is 7.94. The Kier molecular flexibility index (Phi) is 4.45. The number of likely N-dealkylation sites (tertiary alicyclic amines) is 2. The average Bonchev–Trinajstić information content (AvgIpc) is 3.19. The number of amides is 1. The number of rotatable bonds is 4. The van der Waals surface area contributed by atoms with Gasteiger partial charge < -0.3 is 10.3 Å². The molecule has 2 fully saturated rings. The molecule has 3 aliphatic rings. The summed E-state index contributed by atoms with van der Waals surface area (Å²) in [5.41, 5.74) is 6.11. The van der Waals surface area contributed by atoms with Crippen LogP contribution in [0.4, 0.5) is 0 Å². The molecule has 0 aromatic heterocycles. The van der Waals surface area contributed by atoms with Gasteiger partial charge in [0.25, 0.3) is 0 Å². The number of hydrazine groups is 1. The van der Waals surface area contributed by atoms with Crippen molar-refractivity contribution in [3.8, 4) is 0 Å². The van der Waals surface area contributed by atoms with Gasteiger partial charge in [-0.05, 0) is 39.7 Å². The first kappa shape index (κ1) is 14.8. The average molecular weight is 293 g/mol. The number of hydrogen-bond acceptors (Lipinski definition) is 5. The highest BCUT2D eigenvalue weighted by Crippen LogP contribution is 2.25. The maximum Gasteiger partial charge on any atom is 0.224 e. The second-order valence-electron chi connectivity index (χ2n) is 6.66. The zero-order valence-corrected chi connectivity index (χ0v) is 13.1. The molecule has 3 aliphatic heterocycles. The first-order valence-corrected chi connectivity index (χ1v) is 8.22. The third-order valence-corrected chi connectivity index (χ3v) is 4.97.